The molecule has 2 rings (SSSR count). The monoisotopic (exact) mass is 365 g/mol. The maximum atomic E-state index is 13.4. The first-order valence-corrected chi connectivity index (χ1v) is 8.24. The van der Waals surface area contributed by atoms with Crippen LogP contribution in [0.25, 0.3) is 0 Å². The molecule has 1 aromatic carbocycles. The molecule has 1 amide bonds. The molecular formula is C18H21F2N3O3. The number of anilines is 1. The number of benzene rings is 1. The van der Waals surface area contributed by atoms with Gasteiger partial charge >= 0.3 is 5.97 Å². The number of aryl methyl sites for hydroxylation is 1. The Morgan fingerprint density at radius 1 is 1.23 bits per heavy atom. The molecule has 2 aromatic rings. The average molecular weight is 365 g/mol. The van der Waals surface area contributed by atoms with E-state index in [1.165, 1.54) is 4.68 Å². The lowest BCUT2D eigenvalue weighted by Gasteiger charge is -2.11. The minimum absolute atomic E-state index is 0.0124. The number of nitrogens with one attached hydrogen (secondary N) is 1. The lowest BCUT2D eigenvalue weighted by molar-refractivity contribution is -0.136. The average Bonchev–Trinajstić information content (AvgIpc) is 2.97. The maximum absolute atomic E-state index is 13.4. The third-order valence-corrected chi connectivity index (χ3v) is 3.71. The smallest absolute Gasteiger partial charge is 0.303 e. The van der Waals surface area contributed by atoms with E-state index in [1.54, 1.807) is 24.3 Å². The van der Waals surface area contributed by atoms with E-state index >= 15 is 0 Å². The lowest BCUT2D eigenvalue weighted by atomic mass is 10.1. The third-order valence-electron chi connectivity index (χ3n) is 3.71. The van der Waals surface area contributed by atoms with Crippen molar-refractivity contribution in [3.8, 4) is 0 Å². The van der Waals surface area contributed by atoms with Crippen LogP contribution in [-0.4, -0.2) is 26.8 Å². The number of nitrogens with zero attached hydrogens (tertiary/aromatic N) is 2. The van der Waals surface area contributed by atoms with Crippen LogP contribution in [0.15, 0.2) is 30.5 Å². The van der Waals surface area contributed by atoms with E-state index in [1.807, 2.05) is 13.8 Å². The fourth-order valence-corrected chi connectivity index (χ4v) is 2.50. The molecular weight excluding hydrogens is 344 g/mol. The zero-order chi connectivity index (χ0) is 19.3. The Morgan fingerprint density at radius 2 is 1.88 bits per heavy atom. The highest BCUT2D eigenvalue weighted by molar-refractivity contribution is 6.05. The molecule has 0 bridgehead atoms. The van der Waals surface area contributed by atoms with Gasteiger partial charge in [0.25, 0.3) is 12.3 Å². The maximum Gasteiger partial charge on any atom is 0.303 e. The molecule has 1 heterocycles. The number of carbonyl (C=O) groups is 2. The Hall–Kier alpha value is -2.77. The van der Waals surface area contributed by atoms with Crippen LogP contribution in [0.5, 0.6) is 0 Å². The first-order chi connectivity index (χ1) is 12.3. The second kappa shape index (κ2) is 8.55. The van der Waals surface area contributed by atoms with Crippen LogP contribution in [0.4, 0.5) is 14.5 Å². The molecule has 0 aliphatic heterocycles. The van der Waals surface area contributed by atoms with Gasteiger partial charge in [0, 0.05) is 18.7 Å². The number of alkyl halides is 2. The number of aliphatic carboxylic acids is 1. The summed E-state index contributed by atoms with van der Waals surface area (Å²) >= 11 is 0. The molecule has 0 unspecified atom stereocenters. The second-order valence-corrected chi connectivity index (χ2v) is 6.36. The number of aromatic nitrogens is 2. The predicted molar refractivity (Wildman–Crippen MR) is 92.4 cm³/mol. The van der Waals surface area contributed by atoms with Gasteiger partial charge in [-0.05, 0) is 30.0 Å². The van der Waals surface area contributed by atoms with Crippen LogP contribution >= 0.6 is 0 Å². The zero-order valence-electron chi connectivity index (χ0n) is 14.6. The summed E-state index contributed by atoms with van der Waals surface area (Å²) in [6, 6.07) is 6.59. The van der Waals surface area contributed by atoms with Gasteiger partial charge in [-0.25, -0.2) is 8.78 Å². The molecule has 0 saturated carbocycles. The molecule has 0 aliphatic rings. The standard InChI is InChI=1S/C18H21F2N3O3/c1-11(2)10-23-16(17(19)20)14(9-21-23)18(26)22-13-6-3-12(4-7-13)5-8-15(24)25/h3-4,6-7,9,11,17H,5,8,10H2,1-2H3,(H,22,26)(H,24,25). The zero-order valence-corrected chi connectivity index (χ0v) is 14.6. The Labute approximate surface area is 149 Å². The van der Waals surface area contributed by atoms with Gasteiger partial charge in [-0.1, -0.05) is 26.0 Å². The quantitative estimate of drug-likeness (QED) is 0.746. The third kappa shape index (κ3) is 5.11. The first-order valence-electron chi connectivity index (χ1n) is 8.24. The van der Waals surface area contributed by atoms with Crippen LogP contribution in [0.1, 0.15) is 48.3 Å². The number of halogens is 2. The highest BCUT2D eigenvalue weighted by atomic mass is 19.3. The van der Waals surface area contributed by atoms with E-state index in [0.717, 1.165) is 11.8 Å². The fourth-order valence-electron chi connectivity index (χ4n) is 2.50. The van der Waals surface area contributed by atoms with Crippen LogP contribution in [0.3, 0.4) is 0 Å². The Bertz CT molecular complexity index is 770. The van der Waals surface area contributed by atoms with E-state index < -0.39 is 24.0 Å². The van der Waals surface area contributed by atoms with Crippen molar-refractivity contribution in [2.75, 3.05) is 5.32 Å². The van der Waals surface area contributed by atoms with Gasteiger partial charge in [0.05, 0.1) is 11.8 Å². The summed E-state index contributed by atoms with van der Waals surface area (Å²) in [5, 5.41) is 15.2. The van der Waals surface area contributed by atoms with E-state index in [2.05, 4.69) is 10.4 Å². The molecule has 140 valence electrons. The van der Waals surface area contributed by atoms with Crippen molar-refractivity contribution >= 4 is 17.6 Å². The fraction of sp³-hybridized carbons (Fsp3) is 0.389. The Morgan fingerprint density at radius 3 is 2.42 bits per heavy atom. The van der Waals surface area contributed by atoms with Crippen molar-refractivity contribution in [3.63, 3.8) is 0 Å². The van der Waals surface area contributed by atoms with E-state index in [-0.39, 0.29) is 17.9 Å². The molecule has 6 nitrogen and oxygen atoms in total. The normalized spacial score (nSPS) is 11.2. The molecule has 0 radical (unpaired) electrons. The number of amides is 1. The minimum atomic E-state index is -2.81. The van der Waals surface area contributed by atoms with Crippen molar-refractivity contribution in [2.24, 2.45) is 5.92 Å². The highest BCUT2D eigenvalue weighted by Gasteiger charge is 2.25. The summed E-state index contributed by atoms with van der Waals surface area (Å²) in [5.74, 6) is -1.43. The number of rotatable bonds is 8. The molecule has 0 saturated heterocycles. The molecule has 0 spiro atoms. The molecule has 2 N–H and O–H groups in total. The number of hydrogen-bond acceptors (Lipinski definition) is 3. The van der Waals surface area contributed by atoms with Gasteiger partial charge < -0.3 is 10.4 Å². The number of carboxylic acid groups (broad SMARTS) is 1. The van der Waals surface area contributed by atoms with Crippen molar-refractivity contribution in [1.29, 1.82) is 0 Å². The van der Waals surface area contributed by atoms with Gasteiger partial charge in [0.2, 0.25) is 0 Å². The summed E-state index contributed by atoms with van der Waals surface area (Å²) in [7, 11) is 0. The van der Waals surface area contributed by atoms with Gasteiger partial charge in [0.15, 0.2) is 0 Å². The van der Waals surface area contributed by atoms with Crippen LogP contribution < -0.4 is 5.32 Å². The van der Waals surface area contributed by atoms with E-state index in [4.69, 9.17) is 5.11 Å². The van der Waals surface area contributed by atoms with Gasteiger partial charge in [-0.15, -0.1) is 0 Å². The van der Waals surface area contributed by atoms with E-state index in [9.17, 15) is 18.4 Å². The van der Waals surface area contributed by atoms with Crippen molar-refractivity contribution in [2.45, 2.75) is 39.7 Å². The van der Waals surface area contributed by atoms with Crippen LogP contribution in [0.2, 0.25) is 0 Å². The molecule has 0 atom stereocenters. The van der Waals surface area contributed by atoms with Crippen LogP contribution in [0, 0.1) is 5.92 Å². The summed E-state index contributed by atoms with van der Waals surface area (Å²) in [5.41, 5.74) is 0.694. The van der Waals surface area contributed by atoms with Gasteiger partial charge in [0.1, 0.15) is 5.69 Å². The summed E-state index contributed by atoms with van der Waals surface area (Å²) < 4.78 is 27.9. The van der Waals surface area contributed by atoms with Crippen molar-refractivity contribution in [1.82, 2.24) is 9.78 Å². The largest absolute Gasteiger partial charge is 0.481 e. The number of carboxylic acids is 1. The second-order valence-electron chi connectivity index (χ2n) is 6.36. The Balaban J connectivity index is 2.12. The predicted octanol–water partition coefficient (Wildman–Crippen LogP) is 3.75. The minimum Gasteiger partial charge on any atom is -0.481 e. The SMILES string of the molecule is CC(C)Cn1ncc(C(=O)Nc2ccc(CCC(=O)O)cc2)c1C(F)F. The summed E-state index contributed by atoms with van der Waals surface area (Å²) in [6.07, 6.45) is -1.27. The molecule has 1 aromatic heterocycles. The van der Waals surface area contributed by atoms with Crippen LogP contribution in [-0.2, 0) is 17.8 Å². The van der Waals surface area contributed by atoms with Crippen molar-refractivity contribution < 1.29 is 23.5 Å². The summed E-state index contributed by atoms with van der Waals surface area (Å²) in [6.45, 7) is 4.05. The van der Waals surface area contributed by atoms with Gasteiger partial charge in [-0.2, -0.15) is 5.10 Å². The van der Waals surface area contributed by atoms with Gasteiger partial charge in [-0.3, -0.25) is 14.3 Å². The lowest BCUT2D eigenvalue weighted by Crippen LogP contribution is -2.16. The van der Waals surface area contributed by atoms with Crippen molar-refractivity contribution in [3.05, 3.63) is 47.3 Å². The Kier molecular flexibility index (Phi) is 6.43. The molecule has 0 fully saturated rings. The topological polar surface area (TPSA) is 84.2 Å². The van der Waals surface area contributed by atoms with E-state index in [0.29, 0.717) is 18.7 Å². The number of hydrogen-bond donors (Lipinski definition) is 2. The molecule has 8 heteroatoms. The molecule has 0 aliphatic carbocycles. The highest BCUT2D eigenvalue weighted by Crippen LogP contribution is 2.24. The first kappa shape index (κ1) is 19.6. The summed E-state index contributed by atoms with van der Waals surface area (Å²) in [4.78, 5) is 22.9. The number of carbonyl (C=O) groups excluding carboxylic acids is 1. The molecule has 26 heavy (non-hydrogen) atoms.